The lowest BCUT2D eigenvalue weighted by Crippen LogP contribution is -2.07. The predicted octanol–water partition coefficient (Wildman–Crippen LogP) is 2.41. The molecule has 1 aromatic heterocycles. The average Bonchev–Trinajstić information content (AvgIpc) is 2.83. The highest BCUT2D eigenvalue weighted by atomic mass is 16.3. The number of nitrogens with one attached hydrogen (secondary N) is 1. The zero-order valence-electron chi connectivity index (χ0n) is 12.6. The Bertz CT molecular complexity index is 781. The largest absolute Gasteiger partial charge is 0.508 e. The monoisotopic (exact) mass is 309 g/mol. The summed E-state index contributed by atoms with van der Waals surface area (Å²) in [7, 11) is 0. The number of phenolic OH excluding ortho intramolecular Hbond substituents is 1. The Labute approximate surface area is 134 Å². The lowest BCUT2D eigenvalue weighted by molar-refractivity contribution is 0.475. The molecule has 0 aliphatic carbocycles. The zero-order valence-corrected chi connectivity index (χ0v) is 12.6. The van der Waals surface area contributed by atoms with Crippen LogP contribution in [0.1, 0.15) is 11.3 Å². The maximum absolute atomic E-state index is 9.29. The fourth-order valence-electron chi connectivity index (χ4n) is 2.31. The van der Waals surface area contributed by atoms with Crippen molar-refractivity contribution >= 4 is 17.2 Å². The zero-order chi connectivity index (χ0) is 16.2. The van der Waals surface area contributed by atoms with Crippen LogP contribution in [0, 0.1) is 0 Å². The first kappa shape index (κ1) is 14.8. The summed E-state index contributed by atoms with van der Waals surface area (Å²) < 4.78 is 1.71. The number of aromatic hydroxyl groups is 1. The molecule has 0 fully saturated rings. The Balaban J connectivity index is 1.73. The molecule has 0 bridgehead atoms. The van der Waals surface area contributed by atoms with Crippen LogP contribution in [0.15, 0.2) is 54.6 Å². The van der Waals surface area contributed by atoms with Crippen molar-refractivity contribution in [1.82, 2.24) is 9.78 Å². The molecule has 118 valence electrons. The number of hydrogen-bond donors (Lipinski definition) is 4. The molecule has 6 N–H and O–H groups in total. The third-order valence-electron chi connectivity index (χ3n) is 3.61. The minimum Gasteiger partial charge on any atom is -0.508 e. The Morgan fingerprint density at radius 1 is 1.00 bits per heavy atom. The number of benzene rings is 2. The highest BCUT2D eigenvalue weighted by molar-refractivity contribution is 5.63. The third-order valence-corrected chi connectivity index (χ3v) is 3.61. The van der Waals surface area contributed by atoms with E-state index in [-0.39, 0.29) is 5.75 Å². The molecule has 0 spiro atoms. The number of nitrogen functional groups attached to an aromatic ring is 2. The van der Waals surface area contributed by atoms with Gasteiger partial charge < -0.3 is 21.9 Å². The van der Waals surface area contributed by atoms with Gasteiger partial charge in [-0.2, -0.15) is 5.10 Å². The van der Waals surface area contributed by atoms with Crippen LogP contribution < -0.4 is 16.8 Å². The molecular weight excluding hydrogens is 290 g/mol. The van der Waals surface area contributed by atoms with E-state index in [1.807, 2.05) is 30.3 Å². The smallest absolute Gasteiger partial charge is 0.145 e. The fourth-order valence-corrected chi connectivity index (χ4v) is 2.31. The van der Waals surface area contributed by atoms with Gasteiger partial charge in [0.15, 0.2) is 0 Å². The summed E-state index contributed by atoms with van der Waals surface area (Å²) >= 11 is 0. The van der Waals surface area contributed by atoms with Gasteiger partial charge in [0.1, 0.15) is 17.3 Å². The van der Waals surface area contributed by atoms with Gasteiger partial charge in [-0.1, -0.05) is 30.3 Å². The molecule has 6 nitrogen and oxygen atoms in total. The number of rotatable bonds is 5. The second-order valence-corrected chi connectivity index (χ2v) is 5.29. The van der Waals surface area contributed by atoms with E-state index < -0.39 is 0 Å². The second kappa shape index (κ2) is 6.31. The van der Waals surface area contributed by atoms with E-state index in [0.29, 0.717) is 30.3 Å². The van der Waals surface area contributed by atoms with E-state index in [4.69, 9.17) is 11.5 Å². The van der Waals surface area contributed by atoms with Crippen LogP contribution in [0.25, 0.3) is 0 Å². The number of anilines is 3. The summed E-state index contributed by atoms with van der Waals surface area (Å²) in [5.74, 6) is 0.697. The molecule has 0 aliphatic rings. The van der Waals surface area contributed by atoms with Gasteiger partial charge in [-0.25, -0.2) is 4.68 Å². The van der Waals surface area contributed by atoms with Gasteiger partial charge in [-0.05, 0) is 29.8 Å². The van der Waals surface area contributed by atoms with Gasteiger partial charge in [0.25, 0.3) is 0 Å². The SMILES string of the molecule is Nc1c(CNc2ccc(O)cc2)nn(Cc2ccccc2)c1N. The topological polar surface area (TPSA) is 102 Å². The molecule has 6 heteroatoms. The predicted molar refractivity (Wildman–Crippen MR) is 92.0 cm³/mol. The van der Waals surface area contributed by atoms with Crippen molar-refractivity contribution < 1.29 is 5.11 Å². The minimum atomic E-state index is 0.228. The van der Waals surface area contributed by atoms with E-state index in [9.17, 15) is 5.11 Å². The van der Waals surface area contributed by atoms with Crippen molar-refractivity contribution in [3.8, 4) is 5.75 Å². The van der Waals surface area contributed by atoms with E-state index in [0.717, 1.165) is 11.3 Å². The van der Waals surface area contributed by atoms with Gasteiger partial charge in [0.05, 0.1) is 18.8 Å². The average molecular weight is 309 g/mol. The second-order valence-electron chi connectivity index (χ2n) is 5.29. The summed E-state index contributed by atoms with van der Waals surface area (Å²) in [5.41, 5.74) is 15.3. The van der Waals surface area contributed by atoms with Crippen LogP contribution in [0.5, 0.6) is 5.75 Å². The minimum absolute atomic E-state index is 0.228. The Morgan fingerprint density at radius 2 is 1.70 bits per heavy atom. The standard InChI is InChI=1S/C17H19N5O/c18-16-15(10-20-13-6-8-14(23)9-7-13)21-22(17(16)19)11-12-4-2-1-3-5-12/h1-9,20,23H,10-11,18-19H2. The molecule has 0 aliphatic heterocycles. The number of hydrogen-bond acceptors (Lipinski definition) is 5. The van der Waals surface area contributed by atoms with E-state index in [1.165, 1.54) is 0 Å². The molecule has 0 amide bonds. The van der Waals surface area contributed by atoms with Crippen molar-refractivity contribution in [2.75, 3.05) is 16.8 Å². The van der Waals surface area contributed by atoms with Crippen LogP contribution >= 0.6 is 0 Å². The van der Waals surface area contributed by atoms with Crippen LogP contribution in [0.4, 0.5) is 17.2 Å². The number of nitrogens with two attached hydrogens (primary N) is 2. The summed E-state index contributed by atoms with van der Waals surface area (Å²) in [6.45, 7) is 1.04. The fraction of sp³-hybridized carbons (Fsp3) is 0.118. The van der Waals surface area contributed by atoms with Crippen molar-refractivity contribution in [2.45, 2.75) is 13.1 Å². The Kier molecular flexibility index (Phi) is 4.05. The highest BCUT2D eigenvalue weighted by Crippen LogP contribution is 2.22. The Morgan fingerprint density at radius 3 is 2.39 bits per heavy atom. The maximum atomic E-state index is 9.29. The van der Waals surface area contributed by atoms with Crippen molar-refractivity contribution in [2.24, 2.45) is 0 Å². The van der Waals surface area contributed by atoms with Gasteiger partial charge in [0, 0.05) is 5.69 Å². The molecule has 0 atom stereocenters. The molecular formula is C17H19N5O. The quantitative estimate of drug-likeness (QED) is 0.542. The molecule has 2 aromatic carbocycles. The first-order valence-corrected chi connectivity index (χ1v) is 7.31. The van der Waals surface area contributed by atoms with Crippen LogP contribution in [0.2, 0.25) is 0 Å². The summed E-state index contributed by atoms with van der Waals surface area (Å²) in [5, 5.41) is 17.0. The lowest BCUT2D eigenvalue weighted by Gasteiger charge is -2.05. The van der Waals surface area contributed by atoms with Gasteiger partial charge in [-0.3, -0.25) is 0 Å². The van der Waals surface area contributed by atoms with Crippen molar-refractivity contribution in [3.05, 3.63) is 65.9 Å². The first-order chi connectivity index (χ1) is 11.1. The number of phenols is 1. The third kappa shape index (κ3) is 3.37. The van der Waals surface area contributed by atoms with Crippen LogP contribution in [-0.2, 0) is 13.1 Å². The number of aromatic nitrogens is 2. The van der Waals surface area contributed by atoms with Crippen LogP contribution in [-0.4, -0.2) is 14.9 Å². The molecule has 0 unspecified atom stereocenters. The van der Waals surface area contributed by atoms with E-state index in [2.05, 4.69) is 10.4 Å². The van der Waals surface area contributed by atoms with Gasteiger partial charge >= 0.3 is 0 Å². The van der Waals surface area contributed by atoms with E-state index >= 15 is 0 Å². The molecule has 0 saturated heterocycles. The summed E-state index contributed by atoms with van der Waals surface area (Å²) in [4.78, 5) is 0. The molecule has 0 radical (unpaired) electrons. The lowest BCUT2D eigenvalue weighted by atomic mass is 10.2. The Hall–Kier alpha value is -3.15. The molecule has 1 heterocycles. The summed E-state index contributed by atoms with van der Waals surface area (Å²) in [6.07, 6.45) is 0. The van der Waals surface area contributed by atoms with E-state index in [1.54, 1.807) is 28.9 Å². The van der Waals surface area contributed by atoms with Crippen LogP contribution in [0.3, 0.4) is 0 Å². The molecule has 3 rings (SSSR count). The molecule has 23 heavy (non-hydrogen) atoms. The summed E-state index contributed by atoms with van der Waals surface area (Å²) in [6, 6.07) is 16.8. The molecule has 3 aromatic rings. The van der Waals surface area contributed by atoms with Gasteiger partial charge in [-0.15, -0.1) is 0 Å². The number of nitrogens with zero attached hydrogens (tertiary/aromatic N) is 2. The van der Waals surface area contributed by atoms with Gasteiger partial charge in [0.2, 0.25) is 0 Å². The highest BCUT2D eigenvalue weighted by Gasteiger charge is 2.12. The normalized spacial score (nSPS) is 10.6. The maximum Gasteiger partial charge on any atom is 0.145 e. The van der Waals surface area contributed by atoms with Crippen molar-refractivity contribution in [1.29, 1.82) is 0 Å². The first-order valence-electron chi connectivity index (χ1n) is 7.31. The van der Waals surface area contributed by atoms with Crippen molar-refractivity contribution in [3.63, 3.8) is 0 Å². The molecule has 0 saturated carbocycles.